The molecule has 0 spiro atoms. The summed E-state index contributed by atoms with van der Waals surface area (Å²) in [6, 6.07) is 0. The third-order valence-corrected chi connectivity index (χ3v) is 2.17. The van der Waals surface area contributed by atoms with Gasteiger partial charge >= 0.3 is 0 Å². The van der Waals surface area contributed by atoms with Crippen LogP contribution >= 0.6 is 0 Å². The molecule has 0 radical (unpaired) electrons. The molecule has 15 heavy (non-hydrogen) atoms. The van der Waals surface area contributed by atoms with Gasteiger partial charge in [-0.3, -0.25) is 4.79 Å². The Labute approximate surface area is 91.8 Å². The maximum absolute atomic E-state index is 11.6. The van der Waals surface area contributed by atoms with Crippen LogP contribution in [0.25, 0.3) is 0 Å². The molecule has 0 aromatic carbocycles. The van der Waals surface area contributed by atoms with Crippen LogP contribution in [0.1, 0.15) is 25.7 Å². The molecule has 0 aliphatic heterocycles. The van der Waals surface area contributed by atoms with Gasteiger partial charge in [0.05, 0.1) is 6.61 Å². The average Bonchev–Trinajstić information content (AvgIpc) is 2.24. The molecule has 1 amide bonds. The Balaban J connectivity index is 3.75. The van der Waals surface area contributed by atoms with E-state index in [1.807, 2.05) is 0 Å². The van der Waals surface area contributed by atoms with Crippen molar-refractivity contribution in [3.63, 3.8) is 0 Å². The first kappa shape index (κ1) is 14.1. The van der Waals surface area contributed by atoms with E-state index >= 15 is 0 Å². The minimum absolute atomic E-state index is 0.00236. The van der Waals surface area contributed by atoms with Gasteiger partial charge in [-0.1, -0.05) is 12.5 Å². The number of rotatable bonds is 9. The van der Waals surface area contributed by atoms with Crippen molar-refractivity contribution in [3.05, 3.63) is 12.7 Å². The van der Waals surface area contributed by atoms with Crippen LogP contribution in [0.3, 0.4) is 0 Å². The standard InChI is InChI=1S/C11H22N2O2/c1-2-8-13(9-10-14)11(15)6-4-3-5-7-12/h2,14H,1,3-10,12H2. The van der Waals surface area contributed by atoms with Gasteiger partial charge in [-0.05, 0) is 19.4 Å². The van der Waals surface area contributed by atoms with Gasteiger partial charge in [0, 0.05) is 19.5 Å². The highest BCUT2D eigenvalue weighted by molar-refractivity contribution is 5.76. The van der Waals surface area contributed by atoms with Crippen molar-refractivity contribution in [2.75, 3.05) is 26.2 Å². The van der Waals surface area contributed by atoms with E-state index in [0.717, 1.165) is 19.3 Å². The number of aliphatic hydroxyl groups is 1. The van der Waals surface area contributed by atoms with Crippen molar-refractivity contribution in [2.24, 2.45) is 5.73 Å². The Morgan fingerprint density at radius 3 is 2.67 bits per heavy atom. The number of unbranched alkanes of at least 4 members (excludes halogenated alkanes) is 2. The molecule has 0 aliphatic rings. The third kappa shape index (κ3) is 7.11. The van der Waals surface area contributed by atoms with Crippen LogP contribution in [-0.2, 0) is 4.79 Å². The molecule has 3 N–H and O–H groups in total. The molecular formula is C11H22N2O2. The van der Waals surface area contributed by atoms with Gasteiger partial charge in [0.2, 0.25) is 5.91 Å². The smallest absolute Gasteiger partial charge is 0.222 e. The molecule has 0 bridgehead atoms. The molecule has 0 rings (SSSR count). The molecule has 0 fully saturated rings. The predicted octanol–water partition coefficient (Wildman–Crippen LogP) is 0.512. The molecule has 4 heteroatoms. The normalized spacial score (nSPS) is 10.0. The fraction of sp³-hybridized carbons (Fsp3) is 0.727. The lowest BCUT2D eigenvalue weighted by Crippen LogP contribution is -2.33. The number of carbonyl (C=O) groups excluding carboxylic acids is 1. The first-order chi connectivity index (χ1) is 7.26. The number of nitrogens with zero attached hydrogens (tertiary/aromatic N) is 1. The largest absolute Gasteiger partial charge is 0.395 e. The number of carbonyl (C=O) groups is 1. The summed E-state index contributed by atoms with van der Waals surface area (Å²) < 4.78 is 0. The zero-order valence-electron chi connectivity index (χ0n) is 9.32. The summed E-state index contributed by atoms with van der Waals surface area (Å²) in [6.07, 6.45) is 5.04. The highest BCUT2D eigenvalue weighted by Crippen LogP contribution is 2.03. The van der Waals surface area contributed by atoms with Gasteiger partial charge in [-0.15, -0.1) is 6.58 Å². The Bertz CT molecular complexity index is 183. The Kier molecular flexibility index (Phi) is 9.11. The van der Waals surface area contributed by atoms with Gasteiger partial charge < -0.3 is 15.7 Å². The van der Waals surface area contributed by atoms with Crippen LogP contribution in [0.4, 0.5) is 0 Å². The molecule has 0 saturated heterocycles. The maximum atomic E-state index is 11.6. The van der Waals surface area contributed by atoms with Crippen molar-refractivity contribution >= 4 is 5.91 Å². The lowest BCUT2D eigenvalue weighted by molar-refractivity contribution is -0.131. The van der Waals surface area contributed by atoms with Crippen LogP contribution in [0.15, 0.2) is 12.7 Å². The lowest BCUT2D eigenvalue weighted by Gasteiger charge is -2.19. The van der Waals surface area contributed by atoms with Crippen molar-refractivity contribution in [3.8, 4) is 0 Å². The van der Waals surface area contributed by atoms with Crippen molar-refractivity contribution in [2.45, 2.75) is 25.7 Å². The van der Waals surface area contributed by atoms with Crippen LogP contribution in [0, 0.1) is 0 Å². The van der Waals surface area contributed by atoms with Crippen LogP contribution in [0.5, 0.6) is 0 Å². The summed E-state index contributed by atoms with van der Waals surface area (Å²) in [4.78, 5) is 13.2. The summed E-state index contributed by atoms with van der Waals surface area (Å²) in [7, 11) is 0. The van der Waals surface area contributed by atoms with E-state index in [1.54, 1.807) is 11.0 Å². The molecule has 0 aliphatic carbocycles. The summed E-state index contributed by atoms with van der Waals surface area (Å²) >= 11 is 0. The molecular weight excluding hydrogens is 192 g/mol. The van der Waals surface area contributed by atoms with E-state index in [9.17, 15) is 4.79 Å². The number of hydrogen-bond donors (Lipinski definition) is 2. The van der Waals surface area contributed by atoms with Crippen LogP contribution < -0.4 is 5.73 Å². The Morgan fingerprint density at radius 1 is 1.40 bits per heavy atom. The Morgan fingerprint density at radius 2 is 2.13 bits per heavy atom. The lowest BCUT2D eigenvalue weighted by atomic mass is 10.2. The average molecular weight is 214 g/mol. The van der Waals surface area contributed by atoms with Crippen LogP contribution in [0.2, 0.25) is 0 Å². The molecule has 88 valence electrons. The summed E-state index contributed by atoms with van der Waals surface area (Å²) in [5, 5.41) is 8.78. The van der Waals surface area contributed by atoms with Crippen molar-refractivity contribution in [1.29, 1.82) is 0 Å². The summed E-state index contributed by atoms with van der Waals surface area (Å²) in [6.45, 7) is 5.17. The molecule has 0 aromatic rings. The van der Waals surface area contributed by atoms with Gasteiger partial charge in [0.15, 0.2) is 0 Å². The van der Waals surface area contributed by atoms with E-state index in [0.29, 0.717) is 26.1 Å². The van der Waals surface area contributed by atoms with E-state index in [1.165, 1.54) is 0 Å². The zero-order chi connectivity index (χ0) is 11.5. The number of amides is 1. The van der Waals surface area contributed by atoms with Gasteiger partial charge in [-0.25, -0.2) is 0 Å². The van der Waals surface area contributed by atoms with Gasteiger partial charge in [0.25, 0.3) is 0 Å². The Hall–Kier alpha value is -0.870. The summed E-state index contributed by atoms with van der Waals surface area (Å²) in [5.41, 5.74) is 5.36. The van der Waals surface area contributed by atoms with E-state index in [-0.39, 0.29) is 12.5 Å². The number of aliphatic hydroxyl groups excluding tert-OH is 1. The second-order valence-corrected chi connectivity index (χ2v) is 3.45. The third-order valence-electron chi connectivity index (χ3n) is 2.17. The van der Waals surface area contributed by atoms with Crippen LogP contribution in [-0.4, -0.2) is 42.2 Å². The quantitative estimate of drug-likeness (QED) is 0.434. The molecule has 0 aromatic heterocycles. The van der Waals surface area contributed by atoms with E-state index < -0.39 is 0 Å². The van der Waals surface area contributed by atoms with Gasteiger partial charge in [0.1, 0.15) is 0 Å². The number of nitrogens with two attached hydrogens (primary N) is 1. The van der Waals surface area contributed by atoms with E-state index in [4.69, 9.17) is 10.8 Å². The molecule has 4 nitrogen and oxygen atoms in total. The maximum Gasteiger partial charge on any atom is 0.222 e. The summed E-state index contributed by atoms with van der Waals surface area (Å²) in [5.74, 6) is 0.0842. The fourth-order valence-corrected chi connectivity index (χ4v) is 1.35. The van der Waals surface area contributed by atoms with Gasteiger partial charge in [-0.2, -0.15) is 0 Å². The highest BCUT2D eigenvalue weighted by Gasteiger charge is 2.10. The molecule has 0 unspecified atom stereocenters. The second kappa shape index (κ2) is 9.68. The highest BCUT2D eigenvalue weighted by atomic mass is 16.3. The second-order valence-electron chi connectivity index (χ2n) is 3.45. The van der Waals surface area contributed by atoms with E-state index in [2.05, 4.69) is 6.58 Å². The number of hydrogen-bond acceptors (Lipinski definition) is 3. The fourth-order valence-electron chi connectivity index (χ4n) is 1.35. The van der Waals surface area contributed by atoms with Crippen molar-refractivity contribution in [1.82, 2.24) is 4.90 Å². The minimum atomic E-state index is 0.00236. The first-order valence-corrected chi connectivity index (χ1v) is 5.45. The molecule has 0 heterocycles. The first-order valence-electron chi connectivity index (χ1n) is 5.45. The van der Waals surface area contributed by atoms with Crippen molar-refractivity contribution < 1.29 is 9.90 Å². The monoisotopic (exact) mass is 214 g/mol. The molecule has 0 saturated carbocycles. The topological polar surface area (TPSA) is 66.6 Å². The SMILES string of the molecule is C=CCN(CCO)C(=O)CCCCCN. The zero-order valence-corrected chi connectivity index (χ0v) is 9.32. The minimum Gasteiger partial charge on any atom is -0.395 e. The predicted molar refractivity (Wildman–Crippen MR) is 61.4 cm³/mol. The molecule has 0 atom stereocenters.